The van der Waals surface area contributed by atoms with Crippen LogP contribution < -0.4 is 9.62 Å². The SMILES string of the molecule is CCCSc1nnc(NC(=O)CN(c2ccc(C(F)(F)F)cc2)S(C)(=O)=O)s1. The Balaban J connectivity index is 2.12. The molecular formula is C15H17F3N4O3S3. The fourth-order valence-corrected chi connectivity index (χ4v) is 4.56. The van der Waals surface area contributed by atoms with Crippen LogP contribution in [0.5, 0.6) is 0 Å². The third-order valence-corrected chi connectivity index (χ3v) is 6.57. The Morgan fingerprint density at radius 1 is 1.25 bits per heavy atom. The van der Waals surface area contributed by atoms with Crippen molar-refractivity contribution < 1.29 is 26.4 Å². The number of aromatic nitrogens is 2. The zero-order valence-electron chi connectivity index (χ0n) is 14.9. The number of halogens is 3. The largest absolute Gasteiger partial charge is 0.416 e. The molecule has 0 atom stereocenters. The van der Waals surface area contributed by atoms with Crippen LogP contribution in [-0.2, 0) is 21.0 Å². The number of alkyl halides is 3. The van der Waals surface area contributed by atoms with Gasteiger partial charge in [-0.05, 0) is 30.7 Å². The number of carbonyl (C=O) groups excluding carboxylic acids is 1. The summed E-state index contributed by atoms with van der Waals surface area (Å²) < 4.78 is 63.5. The summed E-state index contributed by atoms with van der Waals surface area (Å²) in [6.07, 6.45) is -2.73. The molecule has 2 rings (SSSR count). The molecule has 0 radical (unpaired) electrons. The summed E-state index contributed by atoms with van der Waals surface area (Å²) in [4.78, 5) is 12.2. The molecule has 154 valence electrons. The van der Waals surface area contributed by atoms with Crippen molar-refractivity contribution in [1.29, 1.82) is 0 Å². The highest BCUT2D eigenvalue weighted by atomic mass is 32.2. The maximum absolute atomic E-state index is 12.7. The number of carbonyl (C=O) groups is 1. The van der Waals surface area contributed by atoms with Crippen LogP contribution in [0.25, 0.3) is 0 Å². The Morgan fingerprint density at radius 2 is 1.89 bits per heavy atom. The number of rotatable bonds is 8. The molecule has 0 aliphatic rings. The maximum Gasteiger partial charge on any atom is 0.416 e. The molecule has 28 heavy (non-hydrogen) atoms. The molecule has 13 heteroatoms. The van der Waals surface area contributed by atoms with Gasteiger partial charge in [-0.3, -0.25) is 14.4 Å². The quantitative estimate of drug-likeness (QED) is 0.485. The number of nitrogens with zero attached hydrogens (tertiary/aromatic N) is 3. The number of anilines is 2. The molecule has 1 N–H and O–H groups in total. The molecule has 0 bridgehead atoms. The molecule has 0 saturated heterocycles. The first-order valence-electron chi connectivity index (χ1n) is 7.92. The first-order chi connectivity index (χ1) is 13.0. The lowest BCUT2D eigenvalue weighted by molar-refractivity contribution is -0.137. The highest BCUT2D eigenvalue weighted by Crippen LogP contribution is 2.31. The van der Waals surface area contributed by atoms with Gasteiger partial charge in [0.25, 0.3) is 0 Å². The molecule has 1 heterocycles. The van der Waals surface area contributed by atoms with Crippen molar-refractivity contribution >= 4 is 49.8 Å². The van der Waals surface area contributed by atoms with Gasteiger partial charge in [0.1, 0.15) is 6.54 Å². The molecule has 2 aromatic rings. The fourth-order valence-electron chi connectivity index (χ4n) is 2.01. The van der Waals surface area contributed by atoms with Crippen molar-refractivity contribution in [3.05, 3.63) is 29.8 Å². The molecule has 0 saturated carbocycles. The van der Waals surface area contributed by atoms with Crippen LogP contribution in [0.15, 0.2) is 28.6 Å². The topological polar surface area (TPSA) is 92.3 Å². The van der Waals surface area contributed by atoms with E-state index in [-0.39, 0.29) is 10.8 Å². The molecule has 1 aromatic carbocycles. The predicted octanol–water partition coefficient (Wildman–Crippen LogP) is 3.46. The van der Waals surface area contributed by atoms with E-state index >= 15 is 0 Å². The summed E-state index contributed by atoms with van der Waals surface area (Å²) in [6.45, 7) is 1.40. The summed E-state index contributed by atoms with van der Waals surface area (Å²) in [5.41, 5.74) is -0.970. The normalized spacial score (nSPS) is 12.0. The Bertz CT molecular complexity index is 915. The predicted molar refractivity (Wildman–Crippen MR) is 103 cm³/mol. The van der Waals surface area contributed by atoms with Gasteiger partial charge in [-0.1, -0.05) is 30.0 Å². The van der Waals surface area contributed by atoms with Crippen LogP contribution in [0.2, 0.25) is 0 Å². The van der Waals surface area contributed by atoms with E-state index < -0.39 is 34.2 Å². The molecule has 1 amide bonds. The van der Waals surface area contributed by atoms with Gasteiger partial charge >= 0.3 is 6.18 Å². The van der Waals surface area contributed by atoms with Gasteiger partial charge in [0.05, 0.1) is 17.5 Å². The number of hydrogen-bond acceptors (Lipinski definition) is 7. The average molecular weight is 455 g/mol. The van der Waals surface area contributed by atoms with Gasteiger partial charge in [-0.25, -0.2) is 8.42 Å². The first kappa shape index (κ1) is 22.4. The lowest BCUT2D eigenvalue weighted by Gasteiger charge is -2.22. The highest BCUT2D eigenvalue weighted by molar-refractivity contribution is 8.01. The summed E-state index contributed by atoms with van der Waals surface area (Å²) >= 11 is 2.63. The molecule has 0 unspecified atom stereocenters. The summed E-state index contributed by atoms with van der Waals surface area (Å²) in [6, 6.07) is 3.52. The number of hydrogen-bond donors (Lipinski definition) is 1. The number of nitrogens with one attached hydrogen (secondary N) is 1. The van der Waals surface area contributed by atoms with Gasteiger partial charge in [0, 0.05) is 5.75 Å². The van der Waals surface area contributed by atoms with Crippen molar-refractivity contribution in [3.8, 4) is 0 Å². The fraction of sp³-hybridized carbons (Fsp3) is 0.400. The van der Waals surface area contributed by atoms with E-state index in [1.807, 2.05) is 6.92 Å². The molecule has 0 fully saturated rings. The van der Waals surface area contributed by atoms with Crippen LogP contribution in [0.3, 0.4) is 0 Å². The minimum absolute atomic E-state index is 0.0536. The van der Waals surface area contributed by atoms with Crippen LogP contribution in [0, 0.1) is 0 Å². The van der Waals surface area contributed by atoms with Crippen LogP contribution in [-0.4, -0.2) is 43.1 Å². The first-order valence-corrected chi connectivity index (χ1v) is 11.6. The lowest BCUT2D eigenvalue weighted by atomic mass is 10.2. The van der Waals surface area contributed by atoms with E-state index in [0.29, 0.717) is 4.34 Å². The Kier molecular flexibility index (Phi) is 7.28. The van der Waals surface area contributed by atoms with Crippen LogP contribution in [0.1, 0.15) is 18.9 Å². The van der Waals surface area contributed by atoms with Gasteiger partial charge in [-0.2, -0.15) is 13.2 Å². The second-order valence-corrected chi connectivity index (χ2v) is 9.81. The Hall–Kier alpha value is -1.86. The van der Waals surface area contributed by atoms with E-state index in [4.69, 9.17) is 0 Å². The third kappa shape index (κ3) is 6.34. The van der Waals surface area contributed by atoms with Gasteiger partial charge in [-0.15, -0.1) is 10.2 Å². The van der Waals surface area contributed by atoms with E-state index in [2.05, 4.69) is 15.5 Å². The van der Waals surface area contributed by atoms with Crippen molar-refractivity contribution in [2.45, 2.75) is 23.9 Å². The molecule has 7 nitrogen and oxygen atoms in total. The third-order valence-electron chi connectivity index (χ3n) is 3.25. The van der Waals surface area contributed by atoms with Crippen LogP contribution >= 0.6 is 23.1 Å². The molecular weight excluding hydrogens is 437 g/mol. The molecule has 0 aliphatic carbocycles. The summed E-state index contributed by atoms with van der Waals surface area (Å²) in [7, 11) is -3.91. The lowest BCUT2D eigenvalue weighted by Crippen LogP contribution is -2.37. The van der Waals surface area contributed by atoms with Crippen molar-refractivity contribution in [2.75, 3.05) is 28.2 Å². The average Bonchev–Trinajstić information content (AvgIpc) is 3.03. The van der Waals surface area contributed by atoms with Crippen LogP contribution in [0.4, 0.5) is 24.0 Å². The smallest absolute Gasteiger partial charge is 0.299 e. The van der Waals surface area contributed by atoms with Crippen molar-refractivity contribution in [2.24, 2.45) is 0 Å². The number of thioether (sulfide) groups is 1. The standard InChI is InChI=1S/C15H17F3N4O3S3/c1-3-8-26-14-21-20-13(27-14)19-12(23)9-22(28(2,24)25)11-6-4-10(5-7-11)15(16,17)18/h4-7H,3,8-9H2,1-2H3,(H,19,20,23). The molecule has 1 aromatic heterocycles. The molecule has 0 spiro atoms. The number of sulfonamides is 1. The van der Waals surface area contributed by atoms with Crippen molar-refractivity contribution in [1.82, 2.24) is 10.2 Å². The zero-order chi connectivity index (χ0) is 20.9. The van der Waals surface area contributed by atoms with Gasteiger partial charge in [0.2, 0.25) is 21.1 Å². The maximum atomic E-state index is 12.7. The van der Waals surface area contributed by atoms with E-state index in [9.17, 15) is 26.4 Å². The highest BCUT2D eigenvalue weighted by Gasteiger charge is 2.31. The number of benzene rings is 1. The van der Waals surface area contributed by atoms with E-state index in [0.717, 1.165) is 58.3 Å². The van der Waals surface area contributed by atoms with Crippen molar-refractivity contribution in [3.63, 3.8) is 0 Å². The zero-order valence-corrected chi connectivity index (χ0v) is 17.3. The van der Waals surface area contributed by atoms with Gasteiger partial charge in [0.15, 0.2) is 4.34 Å². The minimum Gasteiger partial charge on any atom is -0.299 e. The van der Waals surface area contributed by atoms with E-state index in [1.165, 1.54) is 11.8 Å². The monoisotopic (exact) mass is 454 g/mol. The van der Waals surface area contributed by atoms with Gasteiger partial charge < -0.3 is 0 Å². The Morgan fingerprint density at radius 3 is 2.43 bits per heavy atom. The van der Waals surface area contributed by atoms with E-state index in [1.54, 1.807) is 0 Å². The second kappa shape index (κ2) is 9.09. The Labute approximate surface area is 168 Å². The molecule has 0 aliphatic heterocycles. The minimum atomic E-state index is -4.54. The summed E-state index contributed by atoms with van der Waals surface area (Å²) in [5.74, 6) is 0.159. The second-order valence-electron chi connectivity index (χ2n) is 5.58. The number of amides is 1. The summed E-state index contributed by atoms with van der Waals surface area (Å²) in [5, 5.41) is 10.4.